The highest BCUT2D eigenvalue weighted by molar-refractivity contribution is 7.80. The minimum Gasteiger partial charge on any atom is -0.204 e. The van der Waals surface area contributed by atoms with E-state index in [0.29, 0.717) is 5.75 Å². The predicted octanol–water partition coefficient (Wildman–Crippen LogP) is 3.05. The Balaban J connectivity index is 3.11. The van der Waals surface area contributed by atoms with Gasteiger partial charge in [-0.2, -0.15) is 12.6 Å². The van der Waals surface area contributed by atoms with Crippen molar-refractivity contribution in [3.8, 4) is 0 Å². The van der Waals surface area contributed by atoms with Crippen LogP contribution in [0.15, 0.2) is 18.2 Å². The van der Waals surface area contributed by atoms with E-state index in [1.165, 1.54) is 12.1 Å². The van der Waals surface area contributed by atoms with Crippen molar-refractivity contribution in [2.75, 3.05) is 5.75 Å². The number of thiol groups is 1. The lowest BCUT2D eigenvalue weighted by Crippen LogP contribution is -1.92. The molecule has 0 bridgehead atoms. The molecule has 0 aliphatic heterocycles. The molecule has 13 heavy (non-hydrogen) atoms. The minimum atomic E-state index is -1.44. The molecule has 70 valence electrons. The minimum absolute atomic E-state index is 0.0213. The molecule has 0 fully saturated rings. The molecule has 0 atom stereocenters. The van der Waals surface area contributed by atoms with Crippen LogP contribution in [0.4, 0.5) is 13.2 Å². The van der Waals surface area contributed by atoms with Gasteiger partial charge in [0.1, 0.15) is 0 Å². The molecule has 1 rings (SSSR count). The molecule has 0 aliphatic carbocycles. The number of rotatable bonds is 2. The van der Waals surface area contributed by atoms with E-state index < -0.39 is 17.5 Å². The molecular formula is C9H7F3S. The van der Waals surface area contributed by atoms with Gasteiger partial charge in [-0.3, -0.25) is 0 Å². The van der Waals surface area contributed by atoms with Gasteiger partial charge in [-0.05, 0) is 12.1 Å². The average molecular weight is 204 g/mol. The molecule has 0 nitrogen and oxygen atoms in total. The first-order valence-corrected chi connectivity index (χ1v) is 4.21. The van der Waals surface area contributed by atoms with Gasteiger partial charge in [0.05, 0.1) is 0 Å². The fourth-order valence-electron chi connectivity index (χ4n) is 0.849. The summed E-state index contributed by atoms with van der Waals surface area (Å²) in [6, 6.07) is 2.06. The Morgan fingerprint density at radius 1 is 1.15 bits per heavy atom. The fourth-order valence-corrected chi connectivity index (χ4v) is 0.955. The summed E-state index contributed by atoms with van der Waals surface area (Å²) >= 11 is 3.85. The lowest BCUT2D eigenvalue weighted by molar-refractivity contribution is 0.446. The Morgan fingerprint density at radius 2 is 1.85 bits per heavy atom. The zero-order valence-corrected chi connectivity index (χ0v) is 7.49. The topological polar surface area (TPSA) is 0 Å². The van der Waals surface area contributed by atoms with Gasteiger partial charge in [-0.25, -0.2) is 13.2 Å². The Hall–Kier alpha value is -0.900. The standard InChI is InChI=1S/C9H7F3S/c10-7-4-3-6(2-1-5-13)8(11)9(7)12/h1-4,13H,5H2. The van der Waals surface area contributed by atoms with Crippen molar-refractivity contribution in [1.29, 1.82) is 0 Å². The van der Waals surface area contributed by atoms with Crippen molar-refractivity contribution >= 4 is 18.7 Å². The SMILES string of the molecule is Fc1ccc(C=CCS)c(F)c1F. The first kappa shape index (κ1) is 10.2. The van der Waals surface area contributed by atoms with Gasteiger partial charge in [-0.15, -0.1) is 0 Å². The molecule has 0 unspecified atom stereocenters. The molecule has 0 saturated carbocycles. The highest BCUT2D eigenvalue weighted by Crippen LogP contribution is 2.16. The zero-order chi connectivity index (χ0) is 9.84. The zero-order valence-electron chi connectivity index (χ0n) is 6.60. The van der Waals surface area contributed by atoms with Crippen molar-refractivity contribution in [3.63, 3.8) is 0 Å². The van der Waals surface area contributed by atoms with Crippen LogP contribution in [0, 0.1) is 17.5 Å². The highest BCUT2D eigenvalue weighted by Gasteiger charge is 2.10. The summed E-state index contributed by atoms with van der Waals surface area (Å²) in [5, 5.41) is 0. The lowest BCUT2D eigenvalue weighted by atomic mass is 10.2. The summed E-state index contributed by atoms with van der Waals surface area (Å²) < 4.78 is 37.9. The molecule has 0 aliphatic rings. The van der Waals surface area contributed by atoms with Gasteiger partial charge in [0.2, 0.25) is 0 Å². The normalized spacial score (nSPS) is 11.1. The van der Waals surface area contributed by atoms with Crippen LogP contribution in [0.3, 0.4) is 0 Å². The van der Waals surface area contributed by atoms with Crippen molar-refractivity contribution < 1.29 is 13.2 Å². The summed E-state index contributed by atoms with van der Waals surface area (Å²) in [5.74, 6) is -3.38. The van der Waals surface area contributed by atoms with Crippen LogP contribution in [-0.4, -0.2) is 5.75 Å². The predicted molar refractivity (Wildman–Crippen MR) is 49.2 cm³/mol. The Morgan fingerprint density at radius 3 is 2.46 bits per heavy atom. The van der Waals surface area contributed by atoms with Gasteiger partial charge in [0.15, 0.2) is 17.5 Å². The fraction of sp³-hybridized carbons (Fsp3) is 0.111. The molecule has 0 heterocycles. The van der Waals surface area contributed by atoms with E-state index in [0.717, 1.165) is 6.07 Å². The van der Waals surface area contributed by atoms with Crippen LogP contribution in [0.1, 0.15) is 5.56 Å². The van der Waals surface area contributed by atoms with E-state index in [4.69, 9.17) is 0 Å². The molecular weight excluding hydrogens is 197 g/mol. The van der Waals surface area contributed by atoms with Crippen LogP contribution in [0.5, 0.6) is 0 Å². The van der Waals surface area contributed by atoms with Crippen LogP contribution in [0.25, 0.3) is 6.08 Å². The van der Waals surface area contributed by atoms with Gasteiger partial charge in [0, 0.05) is 11.3 Å². The summed E-state index contributed by atoms with van der Waals surface area (Å²) in [4.78, 5) is 0. The van der Waals surface area contributed by atoms with Crippen LogP contribution >= 0.6 is 12.6 Å². The third-order valence-electron chi connectivity index (χ3n) is 1.47. The van der Waals surface area contributed by atoms with E-state index in [2.05, 4.69) is 12.6 Å². The number of benzene rings is 1. The molecule has 0 saturated heterocycles. The summed E-state index contributed by atoms with van der Waals surface area (Å²) in [6.45, 7) is 0. The second-order valence-corrected chi connectivity index (χ2v) is 2.71. The third-order valence-corrected chi connectivity index (χ3v) is 1.68. The number of halogens is 3. The Labute approximate surface area is 79.5 Å². The smallest absolute Gasteiger partial charge is 0.195 e. The summed E-state index contributed by atoms with van der Waals surface area (Å²) in [5.41, 5.74) is 0.0213. The van der Waals surface area contributed by atoms with Crippen molar-refractivity contribution in [1.82, 2.24) is 0 Å². The van der Waals surface area contributed by atoms with E-state index in [1.54, 1.807) is 6.08 Å². The molecule has 0 aromatic heterocycles. The quantitative estimate of drug-likeness (QED) is 0.555. The van der Waals surface area contributed by atoms with Gasteiger partial charge < -0.3 is 0 Å². The van der Waals surface area contributed by atoms with Crippen LogP contribution in [0.2, 0.25) is 0 Å². The molecule has 0 spiro atoms. The molecule has 0 N–H and O–H groups in total. The number of hydrogen-bond donors (Lipinski definition) is 1. The van der Waals surface area contributed by atoms with Gasteiger partial charge in [-0.1, -0.05) is 12.2 Å². The first-order valence-electron chi connectivity index (χ1n) is 3.57. The largest absolute Gasteiger partial charge is 0.204 e. The second kappa shape index (κ2) is 4.37. The van der Waals surface area contributed by atoms with Crippen molar-refractivity contribution in [3.05, 3.63) is 41.2 Å². The molecule has 1 aromatic carbocycles. The highest BCUT2D eigenvalue weighted by atomic mass is 32.1. The maximum absolute atomic E-state index is 12.9. The van der Waals surface area contributed by atoms with E-state index >= 15 is 0 Å². The second-order valence-electron chi connectivity index (χ2n) is 2.35. The molecule has 0 radical (unpaired) electrons. The Bertz CT molecular complexity index is 334. The van der Waals surface area contributed by atoms with Crippen LogP contribution in [-0.2, 0) is 0 Å². The monoisotopic (exact) mass is 204 g/mol. The summed E-state index contributed by atoms with van der Waals surface area (Å²) in [6.07, 6.45) is 2.89. The van der Waals surface area contributed by atoms with Crippen LogP contribution < -0.4 is 0 Å². The first-order chi connectivity index (χ1) is 6.16. The van der Waals surface area contributed by atoms with Gasteiger partial charge in [0.25, 0.3) is 0 Å². The molecule has 4 heteroatoms. The maximum atomic E-state index is 12.9. The van der Waals surface area contributed by atoms with E-state index in [9.17, 15) is 13.2 Å². The van der Waals surface area contributed by atoms with Crippen molar-refractivity contribution in [2.45, 2.75) is 0 Å². The van der Waals surface area contributed by atoms with Crippen molar-refractivity contribution in [2.24, 2.45) is 0 Å². The number of hydrogen-bond acceptors (Lipinski definition) is 1. The van der Waals surface area contributed by atoms with Gasteiger partial charge >= 0.3 is 0 Å². The maximum Gasteiger partial charge on any atom is 0.195 e. The Kier molecular flexibility index (Phi) is 3.42. The van der Waals surface area contributed by atoms with E-state index in [1.807, 2.05) is 0 Å². The van der Waals surface area contributed by atoms with E-state index in [-0.39, 0.29) is 5.56 Å². The summed E-state index contributed by atoms with van der Waals surface area (Å²) in [7, 11) is 0. The average Bonchev–Trinajstić information content (AvgIpc) is 2.13. The third kappa shape index (κ3) is 2.28. The lowest BCUT2D eigenvalue weighted by Gasteiger charge is -1.98. The molecule has 0 amide bonds. The molecule has 1 aromatic rings.